The van der Waals surface area contributed by atoms with E-state index in [1.165, 1.54) is 11.1 Å². The lowest BCUT2D eigenvalue weighted by atomic mass is 9.88. The third-order valence-electron chi connectivity index (χ3n) is 4.46. The van der Waals surface area contributed by atoms with Crippen molar-refractivity contribution in [2.24, 2.45) is 0 Å². The van der Waals surface area contributed by atoms with Crippen molar-refractivity contribution >= 4 is 0 Å². The predicted molar refractivity (Wildman–Crippen MR) is 92.6 cm³/mol. The van der Waals surface area contributed by atoms with Gasteiger partial charge in [-0.05, 0) is 24.1 Å². The van der Waals surface area contributed by atoms with Crippen molar-refractivity contribution in [3.05, 3.63) is 47.0 Å². The summed E-state index contributed by atoms with van der Waals surface area (Å²) in [5.74, 6) is 3.04. The van der Waals surface area contributed by atoms with Gasteiger partial charge in [0.25, 0.3) is 0 Å². The van der Waals surface area contributed by atoms with Crippen LogP contribution in [0.25, 0.3) is 0 Å². The molecule has 0 radical (unpaired) electrons. The van der Waals surface area contributed by atoms with Crippen molar-refractivity contribution in [2.75, 3.05) is 35.0 Å². The molecule has 0 aliphatic carbocycles. The van der Waals surface area contributed by atoms with Crippen molar-refractivity contribution in [1.82, 2.24) is 5.32 Å². The van der Waals surface area contributed by atoms with Crippen LogP contribution in [0.1, 0.15) is 22.7 Å². The summed E-state index contributed by atoms with van der Waals surface area (Å²) < 4.78 is 22.1. The van der Waals surface area contributed by atoms with E-state index in [2.05, 4.69) is 17.4 Å². The molecule has 0 saturated carbocycles. The normalized spacial score (nSPS) is 16.2. The highest BCUT2D eigenvalue weighted by molar-refractivity contribution is 5.57. The van der Waals surface area contributed by atoms with Gasteiger partial charge < -0.3 is 24.3 Å². The highest BCUT2D eigenvalue weighted by atomic mass is 16.5. The molecule has 1 atom stereocenters. The number of ether oxygens (including phenoxy) is 4. The number of methoxy groups -OCH3 is 4. The fourth-order valence-corrected chi connectivity index (χ4v) is 3.40. The second-order valence-electron chi connectivity index (χ2n) is 5.59. The summed E-state index contributed by atoms with van der Waals surface area (Å²) >= 11 is 0. The molecule has 1 aliphatic heterocycles. The smallest absolute Gasteiger partial charge is 0.165 e. The van der Waals surface area contributed by atoms with Gasteiger partial charge in [0.05, 0.1) is 34.5 Å². The van der Waals surface area contributed by atoms with Gasteiger partial charge in [-0.25, -0.2) is 0 Å². The van der Waals surface area contributed by atoms with E-state index in [9.17, 15) is 0 Å². The molecule has 0 aromatic heterocycles. The number of para-hydroxylation sites is 1. The Balaban J connectivity index is 2.14. The Hall–Kier alpha value is -2.40. The summed E-state index contributed by atoms with van der Waals surface area (Å²) in [6.45, 7) is 0.849. The van der Waals surface area contributed by atoms with Gasteiger partial charge in [0, 0.05) is 17.7 Å². The van der Waals surface area contributed by atoms with Crippen LogP contribution in [-0.2, 0) is 6.42 Å². The van der Waals surface area contributed by atoms with Crippen LogP contribution in [0.3, 0.4) is 0 Å². The molecule has 5 nitrogen and oxygen atoms in total. The predicted octanol–water partition coefficient (Wildman–Crippen LogP) is 2.96. The van der Waals surface area contributed by atoms with E-state index in [-0.39, 0.29) is 6.04 Å². The van der Waals surface area contributed by atoms with Crippen molar-refractivity contribution in [3.8, 4) is 23.0 Å². The number of rotatable bonds is 5. The number of benzene rings is 2. The summed E-state index contributed by atoms with van der Waals surface area (Å²) in [4.78, 5) is 0. The van der Waals surface area contributed by atoms with Crippen LogP contribution in [0.15, 0.2) is 30.3 Å². The summed E-state index contributed by atoms with van der Waals surface area (Å²) in [7, 11) is 6.66. The fraction of sp³-hybridized carbons (Fsp3) is 0.368. The first kappa shape index (κ1) is 16.5. The second kappa shape index (κ2) is 7.01. The summed E-state index contributed by atoms with van der Waals surface area (Å²) in [6, 6.07) is 9.99. The molecule has 0 saturated heterocycles. The zero-order valence-electron chi connectivity index (χ0n) is 14.5. The van der Waals surface area contributed by atoms with E-state index in [4.69, 9.17) is 18.9 Å². The first-order chi connectivity index (χ1) is 11.7. The highest BCUT2D eigenvalue weighted by Gasteiger charge is 2.28. The molecule has 3 rings (SSSR count). The number of nitrogens with one attached hydrogen (secondary N) is 1. The minimum atomic E-state index is 0.0126. The van der Waals surface area contributed by atoms with Gasteiger partial charge in [-0.15, -0.1) is 0 Å². The average Bonchev–Trinajstić information content (AvgIpc) is 2.65. The van der Waals surface area contributed by atoms with Crippen molar-refractivity contribution in [3.63, 3.8) is 0 Å². The van der Waals surface area contributed by atoms with Crippen molar-refractivity contribution < 1.29 is 18.9 Å². The molecular weight excluding hydrogens is 306 g/mol. The molecule has 0 spiro atoms. The van der Waals surface area contributed by atoms with E-state index in [1.54, 1.807) is 28.4 Å². The molecular formula is C19H23NO4. The third-order valence-corrected chi connectivity index (χ3v) is 4.46. The minimum Gasteiger partial charge on any atom is -0.493 e. The Morgan fingerprint density at radius 1 is 0.792 bits per heavy atom. The lowest BCUT2D eigenvalue weighted by molar-refractivity contribution is 0.343. The number of hydrogen-bond donors (Lipinski definition) is 1. The Morgan fingerprint density at radius 3 is 2.17 bits per heavy atom. The second-order valence-corrected chi connectivity index (χ2v) is 5.59. The van der Waals surface area contributed by atoms with E-state index in [0.29, 0.717) is 0 Å². The molecule has 24 heavy (non-hydrogen) atoms. The first-order valence-electron chi connectivity index (χ1n) is 7.93. The van der Waals surface area contributed by atoms with Crippen molar-refractivity contribution in [1.29, 1.82) is 0 Å². The standard InChI is InChI=1S/C19H23NO4/c1-21-15-7-5-6-14(19(15)24-4)17-12-8-9-16(22-2)18(23-3)13(12)10-11-20-17/h5-9,17,20H,10-11H2,1-4H3. The third kappa shape index (κ3) is 2.65. The van der Waals surface area contributed by atoms with Gasteiger partial charge in [-0.3, -0.25) is 0 Å². The van der Waals surface area contributed by atoms with Crippen LogP contribution in [0, 0.1) is 0 Å². The monoisotopic (exact) mass is 329 g/mol. The molecule has 2 aromatic carbocycles. The summed E-state index contributed by atoms with van der Waals surface area (Å²) in [5, 5.41) is 3.57. The largest absolute Gasteiger partial charge is 0.493 e. The maximum Gasteiger partial charge on any atom is 0.165 e. The number of hydrogen-bond acceptors (Lipinski definition) is 5. The Morgan fingerprint density at radius 2 is 1.50 bits per heavy atom. The van der Waals surface area contributed by atoms with E-state index < -0.39 is 0 Å². The Bertz CT molecular complexity index is 730. The Labute approximate surface area is 142 Å². The molecule has 0 amide bonds. The van der Waals surface area contributed by atoms with Crippen molar-refractivity contribution in [2.45, 2.75) is 12.5 Å². The molecule has 0 fully saturated rings. The van der Waals surface area contributed by atoms with Crippen LogP contribution in [-0.4, -0.2) is 35.0 Å². The quantitative estimate of drug-likeness (QED) is 0.914. The zero-order valence-corrected chi connectivity index (χ0v) is 14.5. The van der Waals surface area contributed by atoms with Gasteiger partial charge in [0.15, 0.2) is 23.0 Å². The molecule has 1 N–H and O–H groups in total. The van der Waals surface area contributed by atoms with Crippen LogP contribution in [0.2, 0.25) is 0 Å². The highest BCUT2D eigenvalue weighted by Crippen LogP contribution is 2.43. The maximum atomic E-state index is 5.62. The molecule has 5 heteroatoms. The first-order valence-corrected chi connectivity index (χ1v) is 7.93. The van der Waals surface area contributed by atoms with E-state index >= 15 is 0 Å². The number of fused-ring (bicyclic) bond motifs is 1. The van der Waals surface area contributed by atoms with Gasteiger partial charge in [-0.1, -0.05) is 18.2 Å². The summed E-state index contributed by atoms with van der Waals surface area (Å²) in [5.41, 5.74) is 3.39. The van der Waals surface area contributed by atoms with Crippen LogP contribution in [0.4, 0.5) is 0 Å². The topological polar surface area (TPSA) is 49.0 Å². The molecule has 2 aromatic rings. The Kier molecular flexibility index (Phi) is 4.81. The SMILES string of the molecule is COc1cccc(C2NCCc3c2ccc(OC)c3OC)c1OC. The summed E-state index contributed by atoms with van der Waals surface area (Å²) in [6.07, 6.45) is 0.887. The van der Waals surface area contributed by atoms with Gasteiger partial charge in [-0.2, -0.15) is 0 Å². The maximum absolute atomic E-state index is 5.62. The zero-order chi connectivity index (χ0) is 17.1. The molecule has 128 valence electrons. The van der Waals surface area contributed by atoms with Crippen LogP contribution in [0.5, 0.6) is 23.0 Å². The molecule has 0 bridgehead atoms. The van der Waals surface area contributed by atoms with Gasteiger partial charge in [0.1, 0.15) is 0 Å². The average molecular weight is 329 g/mol. The van der Waals surface area contributed by atoms with Crippen LogP contribution < -0.4 is 24.3 Å². The lowest BCUT2D eigenvalue weighted by Crippen LogP contribution is -2.31. The van der Waals surface area contributed by atoms with Gasteiger partial charge >= 0.3 is 0 Å². The minimum absolute atomic E-state index is 0.0126. The molecule has 1 unspecified atom stereocenters. The van der Waals surface area contributed by atoms with Gasteiger partial charge in [0.2, 0.25) is 0 Å². The van der Waals surface area contributed by atoms with Crippen LogP contribution >= 0.6 is 0 Å². The molecule has 1 heterocycles. The van der Waals surface area contributed by atoms with E-state index in [1.807, 2.05) is 18.2 Å². The lowest BCUT2D eigenvalue weighted by Gasteiger charge is -2.30. The molecule has 1 aliphatic rings. The van der Waals surface area contributed by atoms with E-state index in [0.717, 1.165) is 41.5 Å². The fourth-order valence-electron chi connectivity index (χ4n) is 3.40.